The number of nitrogens with one attached hydrogen (secondary N) is 2. The van der Waals surface area contributed by atoms with E-state index in [1.165, 1.54) is 0 Å². The van der Waals surface area contributed by atoms with Crippen molar-refractivity contribution in [1.29, 1.82) is 5.41 Å². The Kier molecular flexibility index (Phi) is 3.06. The molecule has 0 saturated carbocycles. The van der Waals surface area contributed by atoms with Gasteiger partial charge in [-0.15, -0.1) is 0 Å². The molecule has 3 aromatic rings. The predicted octanol–water partition coefficient (Wildman–Crippen LogP) is 2.68. The summed E-state index contributed by atoms with van der Waals surface area (Å²) in [7, 11) is 1.91. The molecule has 0 fully saturated rings. The lowest BCUT2D eigenvalue weighted by Gasteiger charge is -2.12. The van der Waals surface area contributed by atoms with E-state index < -0.39 is 0 Å². The van der Waals surface area contributed by atoms with Crippen molar-refractivity contribution in [2.45, 2.75) is 6.92 Å². The first kappa shape index (κ1) is 13.1. The van der Waals surface area contributed by atoms with Crippen LogP contribution in [0.5, 0.6) is 0 Å². The van der Waals surface area contributed by atoms with E-state index in [2.05, 4.69) is 15.4 Å². The number of rotatable bonds is 3. The third kappa shape index (κ3) is 2.31. The van der Waals surface area contributed by atoms with Gasteiger partial charge >= 0.3 is 0 Å². The number of nitrogen functional groups attached to an aromatic ring is 1. The minimum Gasteiger partial charge on any atom is -0.398 e. The Labute approximate surface area is 122 Å². The molecule has 0 aliphatic carbocycles. The Hall–Kier alpha value is -2.89. The van der Waals surface area contributed by atoms with Crippen LogP contribution in [0, 0.1) is 5.41 Å². The summed E-state index contributed by atoms with van der Waals surface area (Å²) >= 11 is 0. The molecule has 0 saturated heterocycles. The van der Waals surface area contributed by atoms with Crippen LogP contribution in [0.2, 0.25) is 0 Å². The summed E-state index contributed by atoms with van der Waals surface area (Å²) in [6.07, 6.45) is 3.45. The Morgan fingerprint density at radius 1 is 1.33 bits per heavy atom. The van der Waals surface area contributed by atoms with Gasteiger partial charge in [-0.05, 0) is 31.2 Å². The number of nitrogens with two attached hydrogens (primary N) is 1. The fraction of sp³-hybridized carbons (Fsp3) is 0.133. The number of nitrogens with zero attached hydrogens (tertiary/aromatic N) is 3. The first-order valence-corrected chi connectivity index (χ1v) is 6.55. The lowest BCUT2D eigenvalue weighted by Crippen LogP contribution is -2.06. The van der Waals surface area contributed by atoms with Gasteiger partial charge in [0.25, 0.3) is 0 Å². The maximum absolute atomic E-state index is 7.84. The molecule has 0 bridgehead atoms. The quantitative estimate of drug-likeness (QED) is 0.643. The molecule has 0 atom stereocenters. The van der Waals surface area contributed by atoms with Crippen LogP contribution in [-0.2, 0) is 7.05 Å². The van der Waals surface area contributed by atoms with Gasteiger partial charge in [0.1, 0.15) is 5.82 Å². The number of anilines is 3. The molecule has 0 radical (unpaired) electrons. The number of benzene rings is 1. The van der Waals surface area contributed by atoms with Crippen molar-refractivity contribution in [3.8, 4) is 0 Å². The van der Waals surface area contributed by atoms with E-state index in [-0.39, 0.29) is 0 Å². The van der Waals surface area contributed by atoms with Gasteiger partial charge in [-0.25, -0.2) is 4.98 Å². The maximum atomic E-state index is 7.84. The zero-order valence-electron chi connectivity index (χ0n) is 11.9. The molecular formula is C15H16N6. The van der Waals surface area contributed by atoms with Gasteiger partial charge in [0, 0.05) is 35.7 Å². The third-order valence-corrected chi connectivity index (χ3v) is 3.37. The van der Waals surface area contributed by atoms with Crippen LogP contribution < -0.4 is 11.1 Å². The van der Waals surface area contributed by atoms with Crippen molar-refractivity contribution in [2.24, 2.45) is 7.05 Å². The fourth-order valence-electron chi connectivity index (χ4n) is 2.34. The summed E-state index contributed by atoms with van der Waals surface area (Å²) in [6, 6.07) is 7.64. The maximum Gasteiger partial charge on any atom is 0.141 e. The van der Waals surface area contributed by atoms with E-state index in [0.717, 1.165) is 16.6 Å². The van der Waals surface area contributed by atoms with Crippen LogP contribution in [0.15, 0.2) is 36.7 Å². The van der Waals surface area contributed by atoms with Crippen LogP contribution in [0.3, 0.4) is 0 Å². The van der Waals surface area contributed by atoms with E-state index in [4.69, 9.17) is 11.1 Å². The molecule has 4 N–H and O–H groups in total. The van der Waals surface area contributed by atoms with Gasteiger partial charge in [0.15, 0.2) is 0 Å². The smallest absolute Gasteiger partial charge is 0.141 e. The lowest BCUT2D eigenvalue weighted by molar-refractivity contribution is 0.797. The van der Waals surface area contributed by atoms with Gasteiger partial charge in [-0.3, -0.25) is 4.68 Å². The second-order valence-electron chi connectivity index (χ2n) is 4.92. The Morgan fingerprint density at radius 2 is 2.14 bits per heavy atom. The van der Waals surface area contributed by atoms with Gasteiger partial charge in [-0.1, -0.05) is 0 Å². The van der Waals surface area contributed by atoms with Crippen LogP contribution in [0.1, 0.15) is 12.5 Å². The number of hydrogen-bond acceptors (Lipinski definition) is 5. The summed E-state index contributed by atoms with van der Waals surface area (Å²) in [6.45, 7) is 1.70. The first-order chi connectivity index (χ1) is 10.1. The lowest BCUT2D eigenvalue weighted by atomic mass is 10.1. The summed E-state index contributed by atoms with van der Waals surface area (Å²) in [5.74, 6) is 0.589. The van der Waals surface area contributed by atoms with Crippen molar-refractivity contribution in [1.82, 2.24) is 14.8 Å². The molecular weight excluding hydrogens is 264 g/mol. The van der Waals surface area contributed by atoms with Crippen LogP contribution in [0.25, 0.3) is 10.9 Å². The van der Waals surface area contributed by atoms with Crippen molar-refractivity contribution >= 4 is 33.8 Å². The van der Waals surface area contributed by atoms with E-state index >= 15 is 0 Å². The zero-order chi connectivity index (χ0) is 15.0. The molecule has 6 heteroatoms. The van der Waals surface area contributed by atoms with Gasteiger partial charge in [0.05, 0.1) is 17.3 Å². The fourth-order valence-corrected chi connectivity index (χ4v) is 2.34. The Bertz CT molecular complexity index is 833. The van der Waals surface area contributed by atoms with Crippen LogP contribution >= 0.6 is 0 Å². The highest BCUT2D eigenvalue weighted by Gasteiger charge is 2.10. The minimum atomic E-state index is 0.380. The molecule has 0 aliphatic rings. The first-order valence-electron chi connectivity index (χ1n) is 6.55. The van der Waals surface area contributed by atoms with Crippen molar-refractivity contribution in [2.75, 3.05) is 11.1 Å². The molecule has 0 spiro atoms. The van der Waals surface area contributed by atoms with Crippen molar-refractivity contribution < 1.29 is 0 Å². The third-order valence-electron chi connectivity index (χ3n) is 3.37. The zero-order valence-corrected chi connectivity index (χ0v) is 11.9. The number of pyridine rings is 1. The highest BCUT2D eigenvalue weighted by molar-refractivity contribution is 6.05. The van der Waals surface area contributed by atoms with Crippen LogP contribution in [-0.4, -0.2) is 20.5 Å². The van der Waals surface area contributed by atoms with Gasteiger partial charge in [-0.2, -0.15) is 5.10 Å². The molecule has 0 aliphatic heterocycles. The summed E-state index contributed by atoms with van der Waals surface area (Å²) in [5.41, 5.74) is 9.43. The van der Waals surface area contributed by atoms with Gasteiger partial charge < -0.3 is 16.5 Å². The highest BCUT2D eigenvalue weighted by atomic mass is 15.2. The largest absolute Gasteiger partial charge is 0.398 e. The molecule has 2 aromatic heterocycles. The average molecular weight is 280 g/mol. The van der Waals surface area contributed by atoms with Crippen molar-refractivity contribution in [3.05, 3.63) is 42.2 Å². The Balaban J connectivity index is 2.02. The van der Waals surface area contributed by atoms with Crippen molar-refractivity contribution in [3.63, 3.8) is 0 Å². The summed E-state index contributed by atoms with van der Waals surface area (Å²) in [4.78, 5) is 4.29. The SMILES string of the molecule is CC(=N)c1c(N)ccnc1Nc1ccc2c(cnn2C)c1. The average Bonchev–Trinajstić information content (AvgIpc) is 2.79. The van der Waals surface area contributed by atoms with E-state index in [1.807, 2.05) is 36.1 Å². The monoisotopic (exact) mass is 280 g/mol. The molecule has 6 nitrogen and oxygen atoms in total. The predicted molar refractivity (Wildman–Crippen MR) is 85.1 cm³/mol. The number of fused-ring (bicyclic) bond motifs is 1. The van der Waals surface area contributed by atoms with E-state index in [1.54, 1.807) is 19.2 Å². The Morgan fingerprint density at radius 3 is 2.90 bits per heavy atom. The highest BCUT2D eigenvalue weighted by Crippen LogP contribution is 2.25. The van der Waals surface area contributed by atoms with E-state index in [0.29, 0.717) is 22.8 Å². The van der Waals surface area contributed by atoms with E-state index in [9.17, 15) is 0 Å². The second kappa shape index (κ2) is 4.90. The van der Waals surface area contributed by atoms with Crippen LogP contribution in [0.4, 0.5) is 17.2 Å². The summed E-state index contributed by atoms with van der Waals surface area (Å²) in [5, 5.41) is 16.3. The number of aromatic nitrogens is 3. The number of hydrogen-bond donors (Lipinski definition) is 3. The molecule has 0 amide bonds. The summed E-state index contributed by atoms with van der Waals surface area (Å²) < 4.78 is 1.82. The molecule has 0 unspecified atom stereocenters. The molecule has 106 valence electrons. The number of aryl methyl sites for hydroxylation is 1. The second-order valence-corrected chi connectivity index (χ2v) is 4.92. The molecule has 1 aromatic carbocycles. The molecule has 2 heterocycles. The molecule has 21 heavy (non-hydrogen) atoms. The normalized spacial score (nSPS) is 10.8. The standard InChI is InChI=1S/C15H16N6/c1-9(16)14-12(17)5-6-18-15(14)20-11-3-4-13-10(7-11)8-19-21(13)2/h3-8,16H,1-2H3,(H3,17,18,20). The topological polar surface area (TPSA) is 92.6 Å². The molecule has 3 rings (SSSR count). The van der Waals surface area contributed by atoms with Gasteiger partial charge in [0.2, 0.25) is 0 Å². The minimum absolute atomic E-state index is 0.380.